The molecule has 3 rings (SSSR count). The van der Waals surface area contributed by atoms with Gasteiger partial charge in [-0.25, -0.2) is 8.42 Å². The minimum atomic E-state index is -4.25. The van der Waals surface area contributed by atoms with E-state index in [-0.39, 0.29) is 28.1 Å². The molecule has 0 radical (unpaired) electrons. The number of sulfonamides is 1. The first-order chi connectivity index (χ1) is 18.9. The molecule has 1 unspecified atom stereocenters. The van der Waals surface area contributed by atoms with Crippen LogP contribution in [0.5, 0.6) is 0 Å². The third-order valence-electron chi connectivity index (χ3n) is 6.16. The molecule has 7 nitrogen and oxygen atoms in total. The van der Waals surface area contributed by atoms with Crippen molar-refractivity contribution in [3.63, 3.8) is 0 Å². The lowest BCUT2D eigenvalue weighted by atomic mass is 10.1. The lowest BCUT2D eigenvalue weighted by molar-refractivity contribution is -0.139. The molecule has 1 atom stereocenters. The first-order valence-electron chi connectivity index (χ1n) is 12.5. The summed E-state index contributed by atoms with van der Waals surface area (Å²) in [5.74, 6) is -1.04. The van der Waals surface area contributed by atoms with Crippen LogP contribution in [0, 0.1) is 0 Å². The van der Waals surface area contributed by atoms with E-state index < -0.39 is 28.5 Å². The summed E-state index contributed by atoms with van der Waals surface area (Å²) in [4.78, 5) is 28.2. The van der Waals surface area contributed by atoms with Crippen molar-refractivity contribution in [2.45, 2.75) is 44.2 Å². The van der Waals surface area contributed by atoms with Gasteiger partial charge in [-0.2, -0.15) is 0 Å². The van der Waals surface area contributed by atoms with Crippen LogP contribution < -0.4 is 9.62 Å². The molecule has 0 spiro atoms. The number of unbranched alkanes of at least 4 members (excludes halogenated alkanes) is 1. The molecule has 2 amide bonds. The maximum Gasteiger partial charge on any atom is 0.264 e. The molecule has 0 aromatic heterocycles. The predicted molar refractivity (Wildman–Crippen MR) is 162 cm³/mol. The van der Waals surface area contributed by atoms with Crippen molar-refractivity contribution < 1.29 is 18.0 Å². The molecular weight excluding hydrogens is 616 g/mol. The Morgan fingerprint density at radius 2 is 1.52 bits per heavy atom. The highest BCUT2D eigenvalue weighted by atomic mass is 35.5. The molecule has 0 aliphatic carbocycles. The van der Waals surface area contributed by atoms with Crippen molar-refractivity contribution >= 4 is 73.9 Å². The molecule has 12 heteroatoms. The molecular formula is C28H29Cl4N3O4S. The average Bonchev–Trinajstić information content (AvgIpc) is 2.91. The topological polar surface area (TPSA) is 86.8 Å². The first-order valence-corrected chi connectivity index (χ1v) is 15.4. The fraction of sp³-hybridized carbons (Fsp3) is 0.286. The van der Waals surface area contributed by atoms with E-state index in [1.165, 1.54) is 41.3 Å². The lowest BCUT2D eigenvalue weighted by Gasteiger charge is -2.32. The predicted octanol–water partition coefficient (Wildman–Crippen LogP) is 6.83. The van der Waals surface area contributed by atoms with Gasteiger partial charge in [0.25, 0.3) is 10.0 Å². The highest BCUT2D eigenvalue weighted by molar-refractivity contribution is 7.92. The van der Waals surface area contributed by atoms with Crippen molar-refractivity contribution in [2.75, 3.05) is 17.4 Å². The molecule has 214 valence electrons. The number of halogens is 4. The van der Waals surface area contributed by atoms with Crippen LogP contribution in [-0.2, 0) is 26.2 Å². The second kappa shape index (κ2) is 14.4. The summed E-state index contributed by atoms with van der Waals surface area (Å²) >= 11 is 24.9. The van der Waals surface area contributed by atoms with Crippen LogP contribution in [0.3, 0.4) is 0 Å². The molecule has 0 aliphatic rings. The SMILES string of the molecule is CCCCNC(=O)C(C)N(Cc1c(Cl)cccc1Cl)C(=O)CN(c1cccc(Cl)c1)S(=O)(=O)c1ccc(Cl)cc1. The average molecular weight is 645 g/mol. The standard InChI is InChI=1S/C28H29Cl4N3O4S/c1-3-4-15-33-28(37)19(2)34(17-24-25(31)9-6-10-26(24)32)27(36)18-35(22-8-5-7-21(30)16-22)40(38,39)23-13-11-20(29)12-14-23/h5-14,16,19H,3-4,15,17-18H2,1-2H3,(H,33,37). The monoisotopic (exact) mass is 643 g/mol. The maximum absolute atomic E-state index is 13.9. The summed E-state index contributed by atoms with van der Waals surface area (Å²) in [5, 5.41) is 4.08. The summed E-state index contributed by atoms with van der Waals surface area (Å²) in [6.45, 7) is 3.26. The van der Waals surface area contributed by atoms with E-state index in [0.717, 1.165) is 17.1 Å². The van der Waals surface area contributed by atoms with Gasteiger partial charge in [-0.15, -0.1) is 0 Å². The van der Waals surface area contributed by atoms with E-state index in [4.69, 9.17) is 46.4 Å². The van der Waals surface area contributed by atoms with E-state index in [2.05, 4.69) is 5.32 Å². The van der Waals surface area contributed by atoms with Gasteiger partial charge in [0.15, 0.2) is 0 Å². The van der Waals surface area contributed by atoms with E-state index in [0.29, 0.717) is 27.2 Å². The summed E-state index contributed by atoms with van der Waals surface area (Å²) in [6.07, 6.45) is 1.65. The molecule has 0 bridgehead atoms. The second-order valence-electron chi connectivity index (χ2n) is 8.99. The van der Waals surface area contributed by atoms with Crippen LogP contribution in [0.4, 0.5) is 5.69 Å². The van der Waals surface area contributed by atoms with Crippen LogP contribution in [-0.4, -0.2) is 44.3 Å². The van der Waals surface area contributed by atoms with E-state index in [1.54, 1.807) is 37.3 Å². The van der Waals surface area contributed by atoms with Crippen LogP contribution in [0.2, 0.25) is 20.1 Å². The zero-order valence-electron chi connectivity index (χ0n) is 21.9. The van der Waals surface area contributed by atoms with Gasteiger partial charge in [-0.3, -0.25) is 13.9 Å². The number of rotatable bonds is 12. The zero-order valence-corrected chi connectivity index (χ0v) is 25.8. The van der Waals surface area contributed by atoms with Crippen LogP contribution in [0.25, 0.3) is 0 Å². The number of nitrogens with zero attached hydrogens (tertiary/aromatic N) is 2. The van der Waals surface area contributed by atoms with E-state index >= 15 is 0 Å². The Labute approximate surface area is 255 Å². The van der Waals surface area contributed by atoms with Gasteiger partial charge < -0.3 is 10.2 Å². The zero-order chi connectivity index (χ0) is 29.4. The van der Waals surface area contributed by atoms with E-state index in [9.17, 15) is 18.0 Å². The summed E-state index contributed by atoms with van der Waals surface area (Å²) in [6, 6.07) is 15.7. The Hall–Kier alpha value is -2.49. The van der Waals surface area contributed by atoms with Crippen LogP contribution in [0.1, 0.15) is 32.3 Å². The number of nitrogens with one attached hydrogen (secondary N) is 1. The Balaban J connectivity index is 2.04. The highest BCUT2D eigenvalue weighted by Crippen LogP contribution is 2.29. The third-order valence-corrected chi connectivity index (χ3v) is 9.15. The Kier molecular flexibility index (Phi) is 11.5. The maximum atomic E-state index is 13.9. The van der Waals surface area contributed by atoms with Crippen molar-refractivity contribution in [1.82, 2.24) is 10.2 Å². The number of hydrogen-bond acceptors (Lipinski definition) is 4. The first kappa shape index (κ1) is 32.0. The molecule has 0 saturated heterocycles. The number of carbonyl (C=O) groups excluding carboxylic acids is 2. The molecule has 0 aliphatic heterocycles. The molecule has 0 heterocycles. The quantitative estimate of drug-likeness (QED) is 0.219. The minimum Gasteiger partial charge on any atom is -0.354 e. The van der Waals surface area contributed by atoms with Gasteiger partial charge >= 0.3 is 0 Å². The summed E-state index contributed by atoms with van der Waals surface area (Å²) in [7, 11) is -4.25. The lowest BCUT2D eigenvalue weighted by Crippen LogP contribution is -2.51. The second-order valence-corrected chi connectivity index (χ2v) is 12.5. The molecule has 3 aromatic rings. The number of carbonyl (C=O) groups is 2. The normalized spacial score (nSPS) is 12.1. The summed E-state index contributed by atoms with van der Waals surface area (Å²) < 4.78 is 28.6. The smallest absolute Gasteiger partial charge is 0.264 e. The largest absolute Gasteiger partial charge is 0.354 e. The fourth-order valence-electron chi connectivity index (χ4n) is 3.87. The van der Waals surface area contributed by atoms with Crippen molar-refractivity contribution in [3.05, 3.63) is 92.4 Å². The van der Waals surface area contributed by atoms with E-state index in [1.807, 2.05) is 6.92 Å². The van der Waals surface area contributed by atoms with Gasteiger partial charge in [-0.1, -0.05) is 71.9 Å². The van der Waals surface area contributed by atoms with Crippen LogP contribution >= 0.6 is 46.4 Å². The molecule has 40 heavy (non-hydrogen) atoms. The van der Waals surface area contributed by atoms with Gasteiger partial charge in [0.05, 0.1) is 10.6 Å². The summed E-state index contributed by atoms with van der Waals surface area (Å²) in [5.41, 5.74) is 0.605. The molecule has 1 N–H and O–H groups in total. The van der Waals surface area contributed by atoms with Gasteiger partial charge in [-0.05, 0) is 67.9 Å². The minimum absolute atomic E-state index is 0.0734. The Morgan fingerprint density at radius 3 is 2.12 bits per heavy atom. The fourth-order valence-corrected chi connectivity index (χ4v) is 6.10. The van der Waals surface area contributed by atoms with Gasteiger partial charge in [0, 0.05) is 38.7 Å². The Bertz CT molecular complexity index is 1430. The van der Waals surface area contributed by atoms with Crippen LogP contribution in [0.15, 0.2) is 71.6 Å². The number of hydrogen-bond donors (Lipinski definition) is 1. The molecule has 3 aromatic carbocycles. The van der Waals surface area contributed by atoms with Crippen molar-refractivity contribution in [3.8, 4) is 0 Å². The van der Waals surface area contributed by atoms with Crippen molar-refractivity contribution in [2.24, 2.45) is 0 Å². The number of benzene rings is 3. The van der Waals surface area contributed by atoms with Gasteiger partial charge in [0.1, 0.15) is 12.6 Å². The Morgan fingerprint density at radius 1 is 0.900 bits per heavy atom. The third kappa shape index (κ3) is 8.04. The molecule has 0 fully saturated rings. The highest BCUT2D eigenvalue weighted by Gasteiger charge is 2.33. The van der Waals surface area contributed by atoms with Gasteiger partial charge in [0.2, 0.25) is 11.8 Å². The number of anilines is 1. The molecule has 0 saturated carbocycles. The number of amides is 2. The van der Waals surface area contributed by atoms with Crippen molar-refractivity contribution in [1.29, 1.82) is 0 Å².